The van der Waals surface area contributed by atoms with Gasteiger partial charge in [0.25, 0.3) is 0 Å². The molecule has 0 aliphatic carbocycles. The van der Waals surface area contributed by atoms with Crippen molar-refractivity contribution < 1.29 is 28.3 Å². The van der Waals surface area contributed by atoms with Crippen LogP contribution in [0, 0.1) is 5.92 Å². The normalized spacial score (nSPS) is 19.6. The Morgan fingerprint density at radius 3 is 2.79 bits per heavy atom. The molecule has 2 aromatic rings. The zero-order valence-electron chi connectivity index (χ0n) is 22.1. The number of aryl methyl sites for hydroxylation is 1. The van der Waals surface area contributed by atoms with Gasteiger partial charge in [0.05, 0.1) is 12.3 Å². The number of amides is 4. The fourth-order valence-corrected chi connectivity index (χ4v) is 5.53. The van der Waals surface area contributed by atoms with Crippen LogP contribution in [0.1, 0.15) is 43.4 Å². The number of aromatic nitrogens is 1. The summed E-state index contributed by atoms with van der Waals surface area (Å²) in [5.41, 5.74) is 3.49. The van der Waals surface area contributed by atoms with Crippen molar-refractivity contribution in [1.82, 2.24) is 20.3 Å². The molecule has 12 heteroatoms. The van der Waals surface area contributed by atoms with E-state index in [4.69, 9.17) is 4.74 Å². The van der Waals surface area contributed by atoms with Gasteiger partial charge in [0.2, 0.25) is 23.6 Å². The molecule has 2 aliphatic rings. The van der Waals surface area contributed by atoms with E-state index in [2.05, 4.69) is 20.3 Å². The van der Waals surface area contributed by atoms with Crippen LogP contribution in [0.3, 0.4) is 0 Å². The molecule has 0 saturated heterocycles. The maximum atomic E-state index is 13.9. The van der Waals surface area contributed by atoms with E-state index in [1.54, 1.807) is 6.20 Å². The van der Waals surface area contributed by atoms with E-state index in [1.807, 2.05) is 37.4 Å². The van der Waals surface area contributed by atoms with E-state index in [-0.39, 0.29) is 30.9 Å². The molecule has 0 radical (unpaired) electrons. The molecule has 2 aliphatic heterocycles. The Morgan fingerprint density at radius 1 is 1.28 bits per heavy atom. The van der Waals surface area contributed by atoms with Gasteiger partial charge < -0.3 is 20.7 Å². The number of para-hydroxylation sites is 1. The molecule has 0 saturated carbocycles. The number of nitrogens with one attached hydrogen (secondary N) is 3. The molecule has 3 N–H and O–H groups in total. The lowest BCUT2D eigenvalue weighted by molar-refractivity contribution is -0.134. The summed E-state index contributed by atoms with van der Waals surface area (Å²) in [6.07, 6.45) is 3.57. The monoisotopic (exact) mass is 559 g/mol. The smallest absolute Gasteiger partial charge is 0.250 e. The Balaban J connectivity index is 1.50. The van der Waals surface area contributed by atoms with Crippen molar-refractivity contribution in [2.75, 3.05) is 24.8 Å². The Labute approximate surface area is 230 Å². The minimum Gasteiger partial charge on any atom is -0.369 e. The van der Waals surface area contributed by atoms with Gasteiger partial charge in [-0.05, 0) is 41.4 Å². The minimum absolute atomic E-state index is 0.207. The van der Waals surface area contributed by atoms with Gasteiger partial charge in [0.15, 0.2) is 0 Å². The largest absolute Gasteiger partial charge is 0.369 e. The van der Waals surface area contributed by atoms with Crippen molar-refractivity contribution >= 4 is 40.8 Å². The molecule has 4 rings (SSSR count). The van der Waals surface area contributed by atoms with E-state index in [1.165, 1.54) is 16.4 Å². The molecule has 210 valence electrons. The van der Waals surface area contributed by atoms with Gasteiger partial charge in [-0.1, -0.05) is 38.5 Å². The van der Waals surface area contributed by atoms with Crippen LogP contribution in [0.4, 0.5) is 10.1 Å². The molecule has 0 spiro atoms. The van der Waals surface area contributed by atoms with Crippen LogP contribution >= 0.6 is 11.5 Å². The van der Waals surface area contributed by atoms with Crippen molar-refractivity contribution in [1.29, 1.82) is 0 Å². The Hall–Kier alpha value is -3.38. The van der Waals surface area contributed by atoms with Crippen LogP contribution in [0.15, 0.2) is 29.8 Å². The molecule has 0 fully saturated rings. The first-order valence-electron chi connectivity index (χ1n) is 13.2. The number of halogens is 1. The molecular weight excluding hydrogens is 525 g/mol. The highest BCUT2D eigenvalue weighted by Crippen LogP contribution is 2.39. The van der Waals surface area contributed by atoms with Crippen LogP contribution in [-0.4, -0.2) is 66.0 Å². The van der Waals surface area contributed by atoms with Crippen LogP contribution in [0.25, 0.3) is 0 Å². The SMILES string of the molecule is CC[C@H](C)[C@H](NC(=O)COCCF)C(=O)N[C@H]1CCc2cccc3c2N(C1=O)[C@H](C(=O)NCc1cnsc1)C3. The standard InChI is InChI=1S/C27H34FN5O5S/c1-3-16(2)23(32-22(34)14-38-10-9-28)26(36)31-20-8-7-18-5-4-6-19-11-21(33(24(18)19)27(20)37)25(35)29-12-17-13-30-39-15-17/h4-6,13,15-16,20-21,23H,3,7-12,14H2,1-2H3,(H,29,35)(H,31,36)(H,32,34)/t16-,20-,21-,23-/m0/s1. The van der Waals surface area contributed by atoms with Gasteiger partial charge in [-0.2, -0.15) is 0 Å². The van der Waals surface area contributed by atoms with E-state index in [0.29, 0.717) is 32.2 Å². The lowest BCUT2D eigenvalue weighted by atomic mass is 9.97. The van der Waals surface area contributed by atoms with E-state index >= 15 is 0 Å². The Kier molecular flexibility index (Phi) is 9.63. The van der Waals surface area contributed by atoms with Gasteiger partial charge in [-0.25, -0.2) is 8.76 Å². The van der Waals surface area contributed by atoms with Gasteiger partial charge in [0, 0.05) is 30.1 Å². The lowest BCUT2D eigenvalue weighted by Gasteiger charge is -2.30. The molecular formula is C27H34FN5O5S. The van der Waals surface area contributed by atoms with Crippen molar-refractivity contribution in [3.8, 4) is 0 Å². The molecule has 1 aromatic carbocycles. The summed E-state index contributed by atoms with van der Waals surface area (Å²) in [5.74, 6) is -1.88. The second-order valence-electron chi connectivity index (χ2n) is 9.88. The summed E-state index contributed by atoms with van der Waals surface area (Å²) in [7, 11) is 0. The number of benzene rings is 1. The number of anilines is 1. The predicted molar refractivity (Wildman–Crippen MR) is 144 cm³/mol. The van der Waals surface area contributed by atoms with Crippen LogP contribution in [-0.2, 0) is 43.3 Å². The summed E-state index contributed by atoms with van der Waals surface area (Å²) in [6, 6.07) is 3.27. The average molecular weight is 560 g/mol. The topological polar surface area (TPSA) is 130 Å². The number of carbonyl (C=O) groups is 4. The quantitative estimate of drug-likeness (QED) is 0.339. The first kappa shape index (κ1) is 28.6. The van der Waals surface area contributed by atoms with Crippen molar-refractivity contribution in [2.24, 2.45) is 5.92 Å². The molecule has 39 heavy (non-hydrogen) atoms. The van der Waals surface area contributed by atoms with Gasteiger partial charge >= 0.3 is 0 Å². The predicted octanol–water partition coefficient (Wildman–Crippen LogP) is 1.67. The number of carbonyl (C=O) groups excluding carboxylic acids is 4. The third-order valence-corrected chi connectivity index (χ3v) is 7.88. The second kappa shape index (κ2) is 13.1. The van der Waals surface area contributed by atoms with Crippen LogP contribution in [0.5, 0.6) is 0 Å². The highest BCUT2D eigenvalue weighted by Gasteiger charge is 2.44. The maximum Gasteiger partial charge on any atom is 0.250 e. The van der Waals surface area contributed by atoms with Gasteiger partial charge in [0.1, 0.15) is 31.4 Å². The van der Waals surface area contributed by atoms with Gasteiger partial charge in [-0.15, -0.1) is 0 Å². The lowest BCUT2D eigenvalue weighted by Crippen LogP contribution is -2.58. The van der Waals surface area contributed by atoms with Crippen molar-refractivity contribution in [3.05, 3.63) is 46.5 Å². The van der Waals surface area contributed by atoms with E-state index in [9.17, 15) is 23.6 Å². The fraction of sp³-hybridized carbons (Fsp3) is 0.519. The molecule has 3 heterocycles. The van der Waals surface area contributed by atoms with Crippen molar-refractivity contribution in [3.63, 3.8) is 0 Å². The van der Waals surface area contributed by atoms with E-state index < -0.39 is 36.6 Å². The number of hydrogen-bond acceptors (Lipinski definition) is 7. The average Bonchev–Trinajstić information content (AvgIpc) is 3.57. The first-order chi connectivity index (χ1) is 18.8. The van der Waals surface area contributed by atoms with Crippen molar-refractivity contribution in [2.45, 2.75) is 64.2 Å². The summed E-state index contributed by atoms with van der Waals surface area (Å²) >= 11 is 1.30. The minimum atomic E-state index is -0.901. The van der Waals surface area contributed by atoms with E-state index in [0.717, 1.165) is 22.4 Å². The number of alkyl halides is 1. The second-order valence-corrected chi connectivity index (χ2v) is 10.5. The van der Waals surface area contributed by atoms with Gasteiger partial charge in [-0.3, -0.25) is 24.1 Å². The number of rotatable bonds is 12. The highest BCUT2D eigenvalue weighted by molar-refractivity contribution is 7.03. The Bertz CT molecular complexity index is 1190. The molecule has 4 amide bonds. The Morgan fingerprint density at radius 2 is 2.08 bits per heavy atom. The third-order valence-electron chi connectivity index (χ3n) is 7.24. The highest BCUT2D eigenvalue weighted by atomic mass is 32.1. The molecule has 0 bridgehead atoms. The number of nitrogens with zero attached hydrogens (tertiary/aromatic N) is 2. The number of hydrogen-bond donors (Lipinski definition) is 3. The summed E-state index contributed by atoms with van der Waals surface area (Å²) in [4.78, 5) is 54.4. The first-order valence-corrected chi connectivity index (χ1v) is 14.0. The molecule has 1 aromatic heterocycles. The summed E-state index contributed by atoms with van der Waals surface area (Å²) in [6.45, 7) is 2.75. The summed E-state index contributed by atoms with van der Waals surface area (Å²) < 4.78 is 21.3. The maximum absolute atomic E-state index is 13.9. The molecule has 0 unspecified atom stereocenters. The molecule has 4 atom stereocenters. The van der Waals surface area contributed by atoms with Crippen LogP contribution in [0.2, 0.25) is 0 Å². The fourth-order valence-electron chi connectivity index (χ4n) is 4.99. The molecule has 10 nitrogen and oxygen atoms in total. The van der Waals surface area contributed by atoms with Crippen LogP contribution < -0.4 is 20.9 Å². The third kappa shape index (κ3) is 6.62. The zero-order chi connectivity index (χ0) is 27.9. The number of ether oxygens (including phenoxy) is 1. The summed E-state index contributed by atoms with van der Waals surface area (Å²) in [5, 5.41) is 10.3. The zero-order valence-corrected chi connectivity index (χ0v) is 22.9.